The summed E-state index contributed by atoms with van der Waals surface area (Å²) in [7, 11) is 2.70. The number of pyridine rings is 1. The molecule has 11 heteroatoms. The van der Waals surface area contributed by atoms with Gasteiger partial charge in [0.15, 0.2) is 0 Å². The molecule has 5 rings (SSSR count). The molecule has 1 amide bonds. The molecule has 0 radical (unpaired) electrons. The van der Waals surface area contributed by atoms with E-state index in [1.807, 2.05) is 34.7 Å². The van der Waals surface area contributed by atoms with Crippen LogP contribution in [0.25, 0.3) is 22.0 Å². The lowest BCUT2D eigenvalue weighted by atomic mass is 9.93. The van der Waals surface area contributed by atoms with Crippen LogP contribution >= 0.6 is 10.0 Å². The van der Waals surface area contributed by atoms with Gasteiger partial charge in [0, 0.05) is 61.0 Å². The van der Waals surface area contributed by atoms with Gasteiger partial charge in [-0.1, -0.05) is 0 Å². The van der Waals surface area contributed by atoms with E-state index in [0.29, 0.717) is 42.4 Å². The van der Waals surface area contributed by atoms with Crippen molar-refractivity contribution >= 4 is 38.3 Å². The highest BCUT2D eigenvalue weighted by atomic mass is 32.3. The van der Waals surface area contributed by atoms with Crippen molar-refractivity contribution in [2.45, 2.75) is 32.9 Å². The number of rotatable bonds is 9. The number of carbonyl (C=O) groups excluding carboxylic acids is 1. The number of carbonyl (C=O) groups is 1. The maximum absolute atomic E-state index is 14.3. The van der Waals surface area contributed by atoms with E-state index >= 15 is 0 Å². The molecule has 0 saturated carbocycles. The fraction of sp³-hybridized carbons (Fsp3) is 0.433. The molecule has 1 aliphatic rings. The first-order chi connectivity index (χ1) is 19.5. The van der Waals surface area contributed by atoms with Gasteiger partial charge in [0.1, 0.15) is 12.5 Å². The predicted octanol–water partition coefficient (Wildman–Crippen LogP) is 5.79. The summed E-state index contributed by atoms with van der Waals surface area (Å²) < 4.78 is 38.2. The summed E-state index contributed by atoms with van der Waals surface area (Å²) in [6.45, 7) is 3.49. The number of hydrogen-bond acceptors (Lipinski definition) is 5. The number of amides is 1. The zero-order valence-corrected chi connectivity index (χ0v) is 25.3. The average molecular weight is 585 g/mol. The highest BCUT2D eigenvalue weighted by Gasteiger charge is 2.27. The molecule has 4 aromatic rings. The number of nitrogens with one attached hydrogen (secondary N) is 1. The first kappa shape index (κ1) is 29.1. The van der Waals surface area contributed by atoms with Crippen molar-refractivity contribution in [1.82, 2.24) is 24.6 Å². The van der Waals surface area contributed by atoms with Crippen LogP contribution < -0.4 is 10.2 Å². The number of fused-ring (bicyclic) bond motifs is 2. The number of ether oxygens (including phenoxy) is 1. The third-order valence-electron chi connectivity index (χ3n) is 7.45. The number of benzene rings is 1. The van der Waals surface area contributed by atoms with Crippen molar-refractivity contribution in [2.24, 2.45) is 7.05 Å². The Hall–Kier alpha value is -3.44. The molecule has 0 aliphatic carbocycles. The minimum atomic E-state index is -2.65. The Morgan fingerprint density at radius 3 is 2.63 bits per heavy atom. The fourth-order valence-corrected chi connectivity index (χ4v) is 6.03. The van der Waals surface area contributed by atoms with Crippen molar-refractivity contribution in [3.63, 3.8) is 0 Å². The molecule has 0 saturated heterocycles. The number of hydrogen-bond donors (Lipinski definition) is 1. The first-order valence-corrected chi connectivity index (χ1v) is 16.7. The predicted molar refractivity (Wildman–Crippen MR) is 163 cm³/mol. The Labute approximate surface area is 241 Å². The highest BCUT2D eigenvalue weighted by Crippen LogP contribution is 2.42. The summed E-state index contributed by atoms with van der Waals surface area (Å²) in [6, 6.07) is 5.36. The number of alkyl halides is 2. The van der Waals surface area contributed by atoms with Gasteiger partial charge in [0.2, 0.25) is 0 Å². The quantitative estimate of drug-likeness (QED) is 0.252. The van der Waals surface area contributed by atoms with Crippen LogP contribution in [0.5, 0.6) is 0 Å². The van der Waals surface area contributed by atoms with Crippen molar-refractivity contribution in [1.29, 1.82) is 0 Å². The maximum atomic E-state index is 14.3. The minimum Gasteiger partial charge on any atom is -0.360 e. The van der Waals surface area contributed by atoms with E-state index in [-0.39, 0.29) is 11.5 Å². The molecule has 0 bridgehead atoms. The van der Waals surface area contributed by atoms with E-state index in [2.05, 4.69) is 29.2 Å². The molecule has 220 valence electrons. The molecule has 1 aliphatic heterocycles. The summed E-state index contributed by atoms with van der Waals surface area (Å²) in [4.78, 5) is 19.8. The number of nitrogens with zero attached hydrogens (tertiary/aromatic N) is 5. The van der Waals surface area contributed by atoms with Gasteiger partial charge in [-0.15, -0.1) is 0 Å². The Bertz CT molecular complexity index is 1590. The van der Waals surface area contributed by atoms with Crippen LogP contribution in [-0.4, -0.2) is 70.0 Å². The molecule has 4 heterocycles. The minimum absolute atomic E-state index is 0.0344. The van der Waals surface area contributed by atoms with Gasteiger partial charge in [-0.2, -0.15) is 5.10 Å². The molecule has 1 aromatic carbocycles. The van der Waals surface area contributed by atoms with Gasteiger partial charge in [-0.3, -0.25) is 9.48 Å². The smallest absolute Gasteiger partial charge is 0.264 e. The lowest BCUT2D eigenvalue weighted by Crippen LogP contribution is -2.26. The molecule has 0 unspecified atom stereocenters. The van der Waals surface area contributed by atoms with Gasteiger partial charge >= 0.3 is 0 Å². The standard InChI is InChI=1S/C30H38F2N6O2S/c1-19-28-23(25(30(39)33-2)17-37(28)18-40-10-11-41(4,5)6)14-27(35-19)38-9-7-8-20-12-22(21-15-34-36(3)16-21)24(29(31)32)13-26(20)38/h12-17,29H,7-11,18H2,1-6H3,(H,33,39). The van der Waals surface area contributed by atoms with Gasteiger partial charge < -0.3 is 19.5 Å². The van der Waals surface area contributed by atoms with Crippen LogP contribution in [0.1, 0.15) is 40.0 Å². The number of anilines is 2. The van der Waals surface area contributed by atoms with Crippen LogP contribution in [0.15, 0.2) is 36.8 Å². The molecule has 8 nitrogen and oxygen atoms in total. The maximum Gasteiger partial charge on any atom is 0.264 e. The zero-order valence-electron chi connectivity index (χ0n) is 24.5. The normalized spacial score (nSPS) is 14.1. The molecule has 41 heavy (non-hydrogen) atoms. The third kappa shape index (κ3) is 5.97. The zero-order chi connectivity index (χ0) is 29.5. The Balaban J connectivity index is 1.57. The van der Waals surface area contributed by atoms with Gasteiger partial charge in [-0.25, -0.2) is 23.8 Å². The van der Waals surface area contributed by atoms with Crippen LogP contribution in [0.3, 0.4) is 0 Å². The summed E-state index contributed by atoms with van der Waals surface area (Å²) in [6.07, 6.45) is 10.9. The molecule has 0 spiro atoms. The lowest BCUT2D eigenvalue weighted by Gasteiger charge is -2.32. The highest BCUT2D eigenvalue weighted by molar-refractivity contribution is 8.32. The Morgan fingerprint density at radius 1 is 1.20 bits per heavy atom. The van der Waals surface area contributed by atoms with Crippen LogP contribution in [-0.2, 0) is 24.9 Å². The van der Waals surface area contributed by atoms with E-state index in [9.17, 15) is 13.6 Å². The molecular weight excluding hydrogens is 546 g/mol. The Morgan fingerprint density at radius 2 is 1.98 bits per heavy atom. The van der Waals surface area contributed by atoms with Crippen molar-refractivity contribution in [3.8, 4) is 11.1 Å². The largest absolute Gasteiger partial charge is 0.360 e. The van der Waals surface area contributed by atoms with Crippen molar-refractivity contribution < 1.29 is 18.3 Å². The van der Waals surface area contributed by atoms with Gasteiger partial charge in [0.05, 0.1) is 29.6 Å². The summed E-state index contributed by atoms with van der Waals surface area (Å²) in [5.41, 5.74) is 4.93. The van der Waals surface area contributed by atoms with Crippen LogP contribution in [0.4, 0.5) is 20.3 Å². The first-order valence-electron chi connectivity index (χ1n) is 13.6. The second kappa shape index (κ2) is 11.4. The molecule has 1 N–H and O–H groups in total. The second-order valence-electron chi connectivity index (χ2n) is 11.4. The fourth-order valence-electron chi connectivity index (χ4n) is 5.41. The monoisotopic (exact) mass is 584 g/mol. The van der Waals surface area contributed by atoms with E-state index in [0.717, 1.165) is 46.4 Å². The number of aromatic nitrogens is 4. The molecule has 0 atom stereocenters. The lowest BCUT2D eigenvalue weighted by molar-refractivity contribution is 0.0917. The summed E-state index contributed by atoms with van der Waals surface area (Å²) in [5, 5.41) is 7.67. The van der Waals surface area contributed by atoms with Gasteiger partial charge in [0.25, 0.3) is 12.3 Å². The topological polar surface area (TPSA) is 77.2 Å². The van der Waals surface area contributed by atoms with E-state index in [1.54, 1.807) is 37.2 Å². The van der Waals surface area contributed by atoms with Crippen molar-refractivity contribution in [3.05, 3.63) is 59.2 Å². The summed E-state index contributed by atoms with van der Waals surface area (Å²) >= 11 is 0. The Kier molecular flexibility index (Phi) is 8.11. The third-order valence-corrected chi connectivity index (χ3v) is 8.85. The molecular formula is C30H38F2N6O2S. The SMILES string of the molecule is CNC(=O)c1cn(COCCS(C)(C)C)c2c(C)nc(N3CCCc4cc(-c5cnn(C)c5)c(C(F)F)cc43)cc12. The van der Waals surface area contributed by atoms with E-state index in [1.165, 1.54) is 0 Å². The van der Waals surface area contributed by atoms with E-state index in [4.69, 9.17) is 9.72 Å². The van der Waals surface area contributed by atoms with Crippen LogP contribution in [0.2, 0.25) is 0 Å². The van der Waals surface area contributed by atoms with E-state index < -0.39 is 16.5 Å². The summed E-state index contributed by atoms with van der Waals surface area (Å²) in [5.74, 6) is 1.42. The number of halogens is 2. The van der Waals surface area contributed by atoms with Crippen LogP contribution in [0, 0.1) is 6.92 Å². The molecule has 3 aromatic heterocycles. The average Bonchev–Trinajstić information content (AvgIpc) is 3.52. The number of aryl methyl sites for hydroxylation is 3. The van der Waals surface area contributed by atoms with Crippen molar-refractivity contribution in [2.75, 3.05) is 49.6 Å². The molecule has 0 fully saturated rings. The second-order valence-corrected chi connectivity index (χ2v) is 16.0. The van der Waals surface area contributed by atoms with Gasteiger partial charge in [-0.05, 0) is 67.9 Å².